The summed E-state index contributed by atoms with van der Waals surface area (Å²) in [6.45, 7) is 0.885. The first-order chi connectivity index (χ1) is 11.7. The zero-order valence-corrected chi connectivity index (χ0v) is 14.4. The molecule has 0 unspecified atom stereocenters. The zero-order valence-electron chi connectivity index (χ0n) is 13.6. The molecule has 0 radical (unpaired) electrons. The molecule has 1 saturated heterocycles. The fraction of sp³-hybridized carbons (Fsp3) is 0.412. The molecule has 136 valence electrons. The first kappa shape index (κ1) is 19.4. The molecule has 1 aromatic carbocycles. The highest BCUT2D eigenvalue weighted by molar-refractivity contribution is 5.85. The molecule has 2 aromatic rings. The second kappa shape index (κ2) is 8.94. The maximum absolute atomic E-state index is 12.9. The van der Waals surface area contributed by atoms with Crippen molar-refractivity contribution < 1.29 is 18.3 Å². The number of nitrogens with two attached hydrogens (primary N) is 1. The van der Waals surface area contributed by atoms with E-state index in [1.54, 1.807) is 18.4 Å². The van der Waals surface area contributed by atoms with E-state index in [0.717, 1.165) is 12.1 Å². The van der Waals surface area contributed by atoms with Gasteiger partial charge in [0.05, 0.1) is 11.8 Å². The first-order valence-electron chi connectivity index (χ1n) is 7.99. The number of aromatic nitrogens is 1. The summed E-state index contributed by atoms with van der Waals surface area (Å²) >= 11 is 0. The molecule has 3 N–H and O–H groups in total. The van der Waals surface area contributed by atoms with Gasteiger partial charge in [0.2, 0.25) is 11.8 Å². The Morgan fingerprint density at radius 1 is 1.32 bits per heavy atom. The van der Waals surface area contributed by atoms with Crippen LogP contribution in [-0.4, -0.2) is 36.2 Å². The highest BCUT2D eigenvalue weighted by Crippen LogP contribution is 2.20. The van der Waals surface area contributed by atoms with Gasteiger partial charge >= 0.3 is 0 Å². The van der Waals surface area contributed by atoms with Crippen molar-refractivity contribution in [3.05, 3.63) is 42.0 Å². The number of benzene rings is 1. The van der Waals surface area contributed by atoms with Crippen molar-refractivity contribution in [2.75, 3.05) is 13.1 Å². The van der Waals surface area contributed by atoms with Gasteiger partial charge in [-0.25, -0.2) is 9.37 Å². The monoisotopic (exact) mass is 369 g/mol. The van der Waals surface area contributed by atoms with E-state index in [0.29, 0.717) is 37.4 Å². The normalized spacial score (nSPS) is 19.4. The summed E-state index contributed by atoms with van der Waals surface area (Å²) in [6.07, 6.45) is 3.18. The summed E-state index contributed by atoms with van der Waals surface area (Å²) in [5, 5.41) is 2.84. The Bertz CT molecular complexity index is 693. The Hall–Kier alpha value is -1.96. The lowest BCUT2D eigenvalue weighted by Gasteiger charge is -2.12. The van der Waals surface area contributed by atoms with E-state index < -0.39 is 6.10 Å². The van der Waals surface area contributed by atoms with E-state index in [2.05, 4.69) is 10.3 Å². The summed E-state index contributed by atoms with van der Waals surface area (Å²) in [5.41, 5.74) is 6.97. The summed E-state index contributed by atoms with van der Waals surface area (Å²) < 4.78 is 23.9. The van der Waals surface area contributed by atoms with Crippen LogP contribution < -0.4 is 11.1 Å². The number of nitrogens with one attached hydrogen (secondary N) is 1. The van der Waals surface area contributed by atoms with Crippen molar-refractivity contribution in [1.29, 1.82) is 0 Å². The van der Waals surface area contributed by atoms with E-state index in [9.17, 15) is 9.18 Å². The van der Waals surface area contributed by atoms with Crippen LogP contribution in [0.3, 0.4) is 0 Å². The Kier molecular flexibility index (Phi) is 6.92. The van der Waals surface area contributed by atoms with E-state index >= 15 is 0 Å². The van der Waals surface area contributed by atoms with E-state index in [4.69, 9.17) is 14.9 Å². The predicted octanol–water partition coefficient (Wildman–Crippen LogP) is 2.07. The van der Waals surface area contributed by atoms with Crippen LogP contribution in [0, 0.1) is 5.82 Å². The summed E-state index contributed by atoms with van der Waals surface area (Å²) in [6, 6.07) is 5.93. The van der Waals surface area contributed by atoms with Crippen molar-refractivity contribution in [1.82, 2.24) is 10.3 Å². The van der Waals surface area contributed by atoms with Gasteiger partial charge in [-0.05, 0) is 37.1 Å². The number of halogens is 2. The average Bonchev–Trinajstić information content (AvgIpc) is 3.24. The van der Waals surface area contributed by atoms with Gasteiger partial charge in [0, 0.05) is 25.1 Å². The number of rotatable bonds is 6. The van der Waals surface area contributed by atoms with Crippen LogP contribution in [0.1, 0.15) is 18.5 Å². The molecule has 1 fully saturated rings. The van der Waals surface area contributed by atoms with Crippen molar-refractivity contribution in [2.45, 2.75) is 31.5 Å². The van der Waals surface area contributed by atoms with Gasteiger partial charge in [-0.1, -0.05) is 0 Å². The molecular weight excluding hydrogens is 349 g/mol. The molecule has 1 amide bonds. The summed E-state index contributed by atoms with van der Waals surface area (Å²) in [7, 11) is 0. The van der Waals surface area contributed by atoms with Gasteiger partial charge in [0.25, 0.3) is 0 Å². The van der Waals surface area contributed by atoms with Gasteiger partial charge in [0.15, 0.2) is 0 Å². The lowest BCUT2D eigenvalue weighted by molar-refractivity contribution is -0.131. The number of amides is 1. The van der Waals surface area contributed by atoms with E-state index in [1.807, 2.05) is 0 Å². The van der Waals surface area contributed by atoms with Crippen LogP contribution in [0.25, 0.3) is 11.5 Å². The molecular formula is C17H21ClFN3O3. The van der Waals surface area contributed by atoms with E-state index in [-0.39, 0.29) is 30.2 Å². The van der Waals surface area contributed by atoms with Gasteiger partial charge in [-0.3, -0.25) is 4.79 Å². The standard InChI is InChI=1S/C17H20FN3O3.ClH/c18-12-3-1-11(2-4-12)17-21-13(10-23-17)7-8-20-16(22)15-6-5-14(9-19)24-15;/h1-4,10,14-15H,5-9,19H2,(H,20,22);1H/t14-,15+;/m1./s1. The Morgan fingerprint density at radius 2 is 2.08 bits per heavy atom. The molecule has 3 rings (SSSR count). The second-order valence-electron chi connectivity index (χ2n) is 5.75. The first-order valence-corrected chi connectivity index (χ1v) is 7.99. The third-order valence-corrected chi connectivity index (χ3v) is 3.99. The largest absolute Gasteiger partial charge is 0.444 e. The third kappa shape index (κ3) is 5.01. The molecule has 25 heavy (non-hydrogen) atoms. The maximum atomic E-state index is 12.9. The molecule has 0 spiro atoms. The molecule has 1 aliphatic rings. The smallest absolute Gasteiger partial charge is 0.249 e. The number of hydrogen-bond acceptors (Lipinski definition) is 5. The quantitative estimate of drug-likeness (QED) is 0.813. The van der Waals surface area contributed by atoms with Crippen molar-refractivity contribution in [3.63, 3.8) is 0 Å². The second-order valence-corrected chi connectivity index (χ2v) is 5.75. The third-order valence-electron chi connectivity index (χ3n) is 3.99. The van der Waals surface area contributed by atoms with Gasteiger partial charge in [-0.2, -0.15) is 0 Å². The highest BCUT2D eigenvalue weighted by Gasteiger charge is 2.29. The van der Waals surface area contributed by atoms with Crippen molar-refractivity contribution in [2.24, 2.45) is 5.73 Å². The lowest BCUT2D eigenvalue weighted by Crippen LogP contribution is -2.36. The topological polar surface area (TPSA) is 90.4 Å². The summed E-state index contributed by atoms with van der Waals surface area (Å²) in [5.74, 6) is 0.00805. The Balaban J connectivity index is 0.00000225. The molecule has 0 aliphatic carbocycles. The Morgan fingerprint density at radius 3 is 2.76 bits per heavy atom. The van der Waals surface area contributed by atoms with Crippen molar-refractivity contribution >= 4 is 18.3 Å². The minimum Gasteiger partial charge on any atom is -0.444 e. The number of carbonyl (C=O) groups excluding carboxylic acids is 1. The van der Waals surface area contributed by atoms with Crippen LogP contribution in [0.5, 0.6) is 0 Å². The maximum Gasteiger partial charge on any atom is 0.249 e. The number of hydrogen-bond donors (Lipinski definition) is 2. The molecule has 1 aromatic heterocycles. The Labute approximate surface area is 151 Å². The molecule has 2 atom stereocenters. The van der Waals surface area contributed by atoms with Gasteiger partial charge in [0.1, 0.15) is 18.2 Å². The number of nitrogens with zero attached hydrogens (tertiary/aromatic N) is 1. The van der Waals surface area contributed by atoms with Gasteiger partial charge in [-0.15, -0.1) is 12.4 Å². The zero-order chi connectivity index (χ0) is 16.9. The number of carbonyl (C=O) groups is 1. The van der Waals surface area contributed by atoms with Gasteiger partial charge < -0.3 is 20.2 Å². The van der Waals surface area contributed by atoms with Crippen LogP contribution in [0.15, 0.2) is 34.9 Å². The molecule has 6 nitrogen and oxygen atoms in total. The SMILES string of the molecule is Cl.NC[C@H]1CC[C@@H](C(=O)NCCc2coc(-c3ccc(F)cc3)n2)O1. The fourth-order valence-corrected chi connectivity index (χ4v) is 2.65. The van der Waals surface area contributed by atoms with E-state index in [1.165, 1.54) is 12.1 Å². The van der Waals surface area contributed by atoms with Crippen LogP contribution in [-0.2, 0) is 16.0 Å². The van der Waals surface area contributed by atoms with Crippen molar-refractivity contribution in [3.8, 4) is 11.5 Å². The summed E-state index contributed by atoms with van der Waals surface area (Å²) in [4.78, 5) is 16.3. The van der Waals surface area contributed by atoms with Crippen LogP contribution in [0.4, 0.5) is 4.39 Å². The molecule has 8 heteroatoms. The molecule has 2 heterocycles. The minimum atomic E-state index is -0.411. The number of oxazole rings is 1. The molecule has 0 saturated carbocycles. The molecule has 0 bridgehead atoms. The average molecular weight is 370 g/mol. The number of ether oxygens (including phenoxy) is 1. The minimum absolute atomic E-state index is 0. The lowest BCUT2D eigenvalue weighted by atomic mass is 10.2. The molecule has 1 aliphatic heterocycles. The van der Waals surface area contributed by atoms with Crippen LogP contribution >= 0.6 is 12.4 Å². The van der Waals surface area contributed by atoms with Crippen LogP contribution in [0.2, 0.25) is 0 Å². The highest BCUT2D eigenvalue weighted by atomic mass is 35.5. The fourth-order valence-electron chi connectivity index (χ4n) is 2.65. The predicted molar refractivity (Wildman–Crippen MR) is 92.8 cm³/mol.